The lowest BCUT2D eigenvalue weighted by atomic mass is 10.1. The molecular weight excluding hydrogens is 346 g/mol. The van der Waals surface area contributed by atoms with Crippen LogP contribution in [0.15, 0.2) is 24.3 Å². The number of anilines is 2. The van der Waals surface area contributed by atoms with Gasteiger partial charge in [0.2, 0.25) is 0 Å². The van der Waals surface area contributed by atoms with Crippen LogP contribution in [0.5, 0.6) is 11.5 Å². The quantitative estimate of drug-likeness (QED) is 0.639. The van der Waals surface area contributed by atoms with Crippen molar-refractivity contribution < 1.29 is 14.4 Å². The summed E-state index contributed by atoms with van der Waals surface area (Å²) in [5.41, 5.74) is 3.38. The van der Waals surface area contributed by atoms with E-state index in [1.807, 2.05) is 6.07 Å². The second kappa shape index (κ2) is 6.33. The number of benzene rings is 2. The Balaban J connectivity index is 1.63. The molecule has 2 heterocycles. The van der Waals surface area contributed by atoms with Crippen molar-refractivity contribution in [1.29, 1.82) is 0 Å². The normalized spacial score (nSPS) is 14.6. The Kier molecular flexibility index (Phi) is 4.01. The average molecular weight is 362 g/mol. The lowest BCUT2D eigenvalue weighted by Gasteiger charge is -2.20. The smallest absolute Gasteiger partial charge is 0.292 e. The molecule has 8 heteroatoms. The van der Waals surface area contributed by atoms with E-state index >= 15 is 0 Å². The van der Waals surface area contributed by atoms with Gasteiger partial charge in [0.1, 0.15) is 18.9 Å². The van der Waals surface area contributed by atoms with Crippen LogP contribution >= 0.6 is 11.6 Å². The van der Waals surface area contributed by atoms with Crippen molar-refractivity contribution in [3.63, 3.8) is 0 Å². The van der Waals surface area contributed by atoms with Gasteiger partial charge in [-0.2, -0.15) is 0 Å². The van der Waals surface area contributed by atoms with Crippen molar-refractivity contribution in [3.05, 3.63) is 50.5 Å². The highest BCUT2D eigenvalue weighted by atomic mass is 35.5. The minimum Gasteiger partial charge on any atom is -0.486 e. The molecule has 0 fully saturated rings. The van der Waals surface area contributed by atoms with Crippen molar-refractivity contribution in [2.75, 3.05) is 30.4 Å². The summed E-state index contributed by atoms with van der Waals surface area (Å²) in [6.45, 7) is 2.12. The van der Waals surface area contributed by atoms with E-state index < -0.39 is 0 Å². The van der Waals surface area contributed by atoms with E-state index in [9.17, 15) is 10.1 Å². The molecule has 2 aliphatic heterocycles. The number of hydrogen-bond acceptors (Lipinski definition) is 6. The molecule has 4 rings (SSSR count). The first-order valence-corrected chi connectivity index (χ1v) is 8.37. The third-order valence-electron chi connectivity index (χ3n) is 4.30. The minimum atomic E-state index is -0.363. The number of hydrogen-bond donors (Lipinski definition) is 2. The van der Waals surface area contributed by atoms with E-state index in [1.54, 1.807) is 12.1 Å². The summed E-state index contributed by atoms with van der Waals surface area (Å²) in [6.07, 6.45) is 0.751. The van der Waals surface area contributed by atoms with Gasteiger partial charge < -0.3 is 20.1 Å². The summed E-state index contributed by atoms with van der Waals surface area (Å²) in [4.78, 5) is 11.0. The van der Waals surface area contributed by atoms with Crippen LogP contribution in [0.1, 0.15) is 11.1 Å². The third kappa shape index (κ3) is 2.91. The Bertz CT molecular complexity index is 856. The number of nitro benzene ring substituents is 1. The van der Waals surface area contributed by atoms with E-state index in [1.165, 1.54) is 6.07 Å². The average Bonchev–Trinajstić information content (AvgIpc) is 3.08. The molecule has 2 aromatic carbocycles. The summed E-state index contributed by atoms with van der Waals surface area (Å²) in [5, 5.41) is 18.3. The van der Waals surface area contributed by atoms with E-state index in [0.29, 0.717) is 42.0 Å². The molecule has 2 N–H and O–H groups in total. The predicted molar refractivity (Wildman–Crippen MR) is 95.1 cm³/mol. The molecule has 0 aromatic heterocycles. The van der Waals surface area contributed by atoms with Gasteiger partial charge in [-0.3, -0.25) is 10.1 Å². The maximum atomic E-state index is 11.4. The predicted octanol–water partition coefficient (Wildman–Crippen LogP) is 3.60. The fraction of sp³-hybridized carbons (Fsp3) is 0.294. The summed E-state index contributed by atoms with van der Waals surface area (Å²) < 4.78 is 11.1. The fourth-order valence-electron chi connectivity index (χ4n) is 3.19. The van der Waals surface area contributed by atoms with E-state index in [4.69, 9.17) is 21.1 Å². The van der Waals surface area contributed by atoms with Crippen LogP contribution in [0, 0.1) is 10.1 Å². The number of nitrogens with zero attached hydrogens (tertiary/aromatic N) is 1. The molecule has 0 aliphatic carbocycles. The highest BCUT2D eigenvalue weighted by Crippen LogP contribution is 2.40. The molecule has 2 aliphatic rings. The first-order valence-electron chi connectivity index (χ1n) is 7.99. The summed E-state index contributed by atoms with van der Waals surface area (Å²) in [5.74, 6) is 1.15. The Labute approximate surface area is 149 Å². The van der Waals surface area contributed by atoms with Crippen LogP contribution in [-0.4, -0.2) is 24.7 Å². The molecule has 130 valence electrons. The molecule has 0 spiro atoms. The second-order valence-corrected chi connectivity index (χ2v) is 6.28. The van der Waals surface area contributed by atoms with Crippen molar-refractivity contribution in [2.45, 2.75) is 13.0 Å². The van der Waals surface area contributed by atoms with Crippen LogP contribution in [0.3, 0.4) is 0 Å². The summed E-state index contributed by atoms with van der Waals surface area (Å²) in [6, 6.07) is 6.92. The molecule has 7 nitrogen and oxygen atoms in total. The van der Waals surface area contributed by atoms with Gasteiger partial charge in [-0.15, -0.1) is 0 Å². The van der Waals surface area contributed by atoms with Gasteiger partial charge in [0.15, 0.2) is 11.5 Å². The van der Waals surface area contributed by atoms with E-state index in [0.717, 1.165) is 29.8 Å². The largest absolute Gasteiger partial charge is 0.486 e. The van der Waals surface area contributed by atoms with E-state index in [-0.39, 0.29) is 10.6 Å². The Morgan fingerprint density at radius 3 is 2.96 bits per heavy atom. The van der Waals surface area contributed by atoms with Gasteiger partial charge in [-0.05, 0) is 30.2 Å². The van der Waals surface area contributed by atoms with Gasteiger partial charge in [0.25, 0.3) is 5.69 Å². The number of rotatable bonds is 4. The van der Waals surface area contributed by atoms with Crippen molar-refractivity contribution >= 4 is 28.7 Å². The SMILES string of the molecule is O=[N+]([O-])c1ccc2c(c1NCc1cc(Cl)c3c(c1)OCCO3)CCN2. The number of ether oxygens (including phenoxy) is 2. The van der Waals surface area contributed by atoms with E-state index in [2.05, 4.69) is 10.6 Å². The number of fused-ring (bicyclic) bond motifs is 2. The lowest BCUT2D eigenvalue weighted by Crippen LogP contribution is -2.16. The third-order valence-corrected chi connectivity index (χ3v) is 4.58. The standard InChI is InChI=1S/C17H16ClN3O4/c18-12-7-10(8-15-17(12)25-6-5-24-15)9-20-16-11-3-4-19-13(11)1-2-14(16)21(22)23/h1-2,7-8,19-20H,3-6,9H2. The van der Waals surface area contributed by atoms with Gasteiger partial charge in [0.05, 0.1) is 9.95 Å². The highest BCUT2D eigenvalue weighted by molar-refractivity contribution is 6.32. The monoisotopic (exact) mass is 361 g/mol. The van der Waals surface area contributed by atoms with Crippen molar-refractivity contribution in [2.24, 2.45) is 0 Å². The molecule has 0 saturated carbocycles. The highest BCUT2D eigenvalue weighted by Gasteiger charge is 2.24. The van der Waals surface area contributed by atoms with Crippen LogP contribution in [0.25, 0.3) is 0 Å². The van der Waals surface area contributed by atoms with Crippen molar-refractivity contribution in [3.8, 4) is 11.5 Å². The molecule has 0 unspecified atom stereocenters. The molecule has 0 bridgehead atoms. The topological polar surface area (TPSA) is 85.7 Å². The Hall–Kier alpha value is -2.67. The first kappa shape index (κ1) is 15.8. The maximum Gasteiger partial charge on any atom is 0.292 e. The number of nitro groups is 1. The van der Waals surface area contributed by atoms with Crippen LogP contribution < -0.4 is 20.1 Å². The molecule has 0 radical (unpaired) electrons. The van der Waals surface area contributed by atoms with Gasteiger partial charge in [-0.25, -0.2) is 0 Å². The second-order valence-electron chi connectivity index (χ2n) is 5.88. The molecule has 0 atom stereocenters. The van der Waals surface area contributed by atoms with Crippen molar-refractivity contribution in [1.82, 2.24) is 0 Å². The Morgan fingerprint density at radius 2 is 2.12 bits per heavy atom. The fourth-order valence-corrected chi connectivity index (χ4v) is 3.48. The Morgan fingerprint density at radius 1 is 1.28 bits per heavy atom. The summed E-state index contributed by atoms with van der Waals surface area (Å²) >= 11 is 6.25. The maximum absolute atomic E-state index is 11.4. The zero-order valence-electron chi connectivity index (χ0n) is 13.3. The zero-order chi connectivity index (χ0) is 17.4. The molecule has 2 aromatic rings. The number of nitrogens with one attached hydrogen (secondary N) is 2. The zero-order valence-corrected chi connectivity index (χ0v) is 14.1. The molecular formula is C17H16ClN3O4. The van der Waals surface area contributed by atoms with Gasteiger partial charge in [-0.1, -0.05) is 11.6 Å². The molecule has 0 saturated heterocycles. The number of halogens is 1. The lowest BCUT2D eigenvalue weighted by molar-refractivity contribution is -0.384. The van der Waals surface area contributed by atoms with Gasteiger partial charge in [0, 0.05) is 30.4 Å². The van der Waals surface area contributed by atoms with Crippen LogP contribution in [0.4, 0.5) is 17.1 Å². The molecule has 0 amide bonds. The van der Waals surface area contributed by atoms with Crippen LogP contribution in [-0.2, 0) is 13.0 Å². The molecule has 25 heavy (non-hydrogen) atoms. The first-order chi connectivity index (χ1) is 12.1. The van der Waals surface area contributed by atoms with Crippen LogP contribution in [0.2, 0.25) is 5.02 Å². The summed E-state index contributed by atoms with van der Waals surface area (Å²) in [7, 11) is 0. The van der Waals surface area contributed by atoms with Gasteiger partial charge >= 0.3 is 0 Å². The minimum absolute atomic E-state index is 0.0751.